The van der Waals surface area contributed by atoms with Crippen LogP contribution in [0.3, 0.4) is 0 Å². The molecule has 0 bridgehead atoms. The Morgan fingerprint density at radius 2 is 1.43 bits per heavy atom. The molecule has 0 atom stereocenters. The van der Waals surface area contributed by atoms with Gasteiger partial charge in [0.05, 0.1) is 5.30 Å². The minimum Gasteiger partial charge on any atom is -0.304 e. The Bertz CT molecular complexity index is 466. The van der Waals surface area contributed by atoms with Crippen molar-refractivity contribution in [3.8, 4) is 0 Å². The predicted molar refractivity (Wildman–Crippen MR) is 96.9 cm³/mol. The van der Waals surface area contributed by atoms with Crippen molar-refractivity contribution < 1.29 is 24.8 Å². The smallest absolute Gasteiger partial charge is 0.127 e. The van der Waals surface area contributed by atoms with E-state index in [0.717, 1.165) is 0 Å². The Morgan fingerprint density at radius 1 is 0.913 bits per heavy atom. The molecule has 2 saturated carbocycles. The minimum absolute atomic E-state index is 0. The van der Waals surface area contributed by atoms with Gasteiger partial charge in [-0.15, -0.1) is 0 Å². The van der Waals surface area contributed by atoms with Crippen molar-refractivity contribution in [2.75, 3.05) is 0 Å². The first kappa shape index (κ1) is 19.9. The van der Waals surface area contributed by atoms with E-state index in [-0.39, 0.29) is 26.2 Å². The second-order valence-corrected chi connectivity index (χ2v) is 11.4. The quantitative estimate of drug-likeness (QED) is 0.281. The van der Waals surface area contributed by atoms with E-state index in [1.165, 1.54) is 69.5 Å². The molecule has 0 heterocycles. The average molecular weight is 447 g/mol. The summed E-state index contributed by atoms with van der Waals surface area (Å²) in [6.45, 7) is 0. The third-order valence-corrected chi connectivity index (χ3v) is 11.7. The predicted octanol–water partition coefficient (Wildman–Crippen LogP) is 6.49. The van der Waals surface area contributed by atoms with Crippen LogP contribution in [0.15, 0.2) is 24.3 Å². The third-order valence-electron chi connectivity index (χ3n) is 5.77. The molecule has 0 nitrogen and oxygen atoms in total. The van der Waals surface area contributed by atoms with Crippen LogP contribution in [0.25, 0.3) is 0 Å². The fourth-order valence-electron chi connectivity index (χ4n) is 4.67. The van der Waals surface area contributed by atoms with E-state index in [0.29, 0.717) is 11.3 Å². The van der Waals surface area contributed by atoms with E-state index in [1.54, 1.807) is 12.1 Å². The number of benzene rings is 1. The van der Waals surface area contributed by atoms with Gasteiger partial charge in [-0.2, -0.15) is 0 Å². The van der Waals surface area contributed by atoms with E-state index in [2.05, 4.69) is 6.07 Å². The Kier molecular flexibility index (Phi) is 8.02. The maximum Gasteiger partial charge on any atom is 0.127 e. The molecule has 0 radical (unpaired) electrons. The van der Waals surface area contributed by atoms with Gasteiger partial charge in [-0.05, 0) is 63.5 Å². The van der Waals surface area contributed by atoms with Crippen LogP contribution in [-0.4, -0.2) is 11.3 Å². The standard InChI is InChI=1S/C19H27ClFP.Pd/c20-15-22(17-9-3-1-4-10-17,18-11-5-2-6-12-18)19-13-7-8-16(21)14-19;/h7-8,13-15,17-18H,1-6,9-12H2;. The topological polar surface area (TPSA) is 0 Å². The number of rotatable bonds is 4. The summed E-state index contributed by atoms with van der Waals surface area (Å²) in [6.07, 6.45) is 13.1. The Labute approximate surface area is 159 Å². The monoisotopic (exact) mass is 446 g/mol. The van der Waals surface area contributed by atoms with E-state index in [1.807, 2.05) is 11.7 Å². The van der Waals surface area contributed by atoms with Crippen LogP contribution in [0, 0.1) is 11.4 Å². The van der Waals surface area contributed by atoms with Gasteiger partial charge in [0, 0.05) is 37.8 Å². The maximum atomic E-state index is 13.9. The zero-order valence-electron chi connectivity index (χ0n) is 13.6. The molecule has 132 valence electrons. The molecular weight excluding hydrogens is 420 g/mol. The fraction of sp³-hybridized carbons (Fsp3) is 0.632. The Morgan fingerprint density at radius 3 is 1.87 bits per heavy atom. The van der Waals surface area contributed by atoms with Gasteiger partial charge in [-0.25, -0.2) is 4.39 Å². The van der Waals surface area contributed by atoms with E-state index in [9.17, 15) is 4.39 Å². The summed E-state index contributed by atoms with van der Waals surface area (Å²) in [4.78, 5) is 0. The molecule has 2 aliphatic rings. The summed E-state index contributed by atoms with van der Waals surface area (Å²) in [6, 6.07) is 7.38. The summed E-state index contributed by atoms with van der Waals surface area (Å²) in [5, 5.41) is 1.22. The second kappa shape index (κ2) is 9.29. The van der Waals surface area contributed by atoms with Gasteiger partial charge >= 0.3 is 0 Å². The summed E-state index contributed by atoms with van der Waals surface area (Å²) < 4.78 is 13.9. The molecule has 0 spiro atoms. The molecule has 2 aliphatic carbocycles. The molecule has 23 heavy (non-hydrogen) atoms. The summed E-state index contributed by atoms with van der Waals surface area (Å²) in [5.74, 6) is -0.105. The molecule has 0 amide bonds. The maximum absolute atomic E-state index is 13.9. The van der Waals surface area contributed by atoms with Gasteiger partial charge in [0.15, 0.2) is 0 Å². The molecule has 3 rings (SSSR count). The molecule has 0 unspecified atom stereocenters. The minimum atomic E-state index is -1.61. The zero-order chi connectivity index (χ0) is 15.4. The second-order valence-electron chi connectivity index (χ2n) is 7.00. The van der Waals surface area contributed by atoms with Crippen LogP contribution in [0.4, 0.5) is 4.39 Å². The van der Waals surface area contributed by atoms with Crippen molar-refractivity contribution in [3.63, 3.8) is 0 Å². The number of hydrogen-bond donors (Lipinski definition) is 0. The van der Waals surface area contributed by atoms with Gasteiger partial charge in [-0.1, -0.05) is 31.8 Å². The van der Waals surface area contributed by atoms with Crippen molar-refractivity contribution >= 4 is 24.2 Å². The third kappa shape index (κ3) is 4.20. The van der Waals surface area contributed by atoms with Crippen molar-refractivity contribution in [1.82, 2.24) is 0 Å². The molecule has 0 N–H and O–H groups in total. The van der Waals surface area contributed by atoms with Crippen molar-refractivity contribution in [2.24, 2.45) is 0 Å². The summed E-state index contributed by atoms with van der Waals surface area (Å²) in [7, 11) is -1.61. The average Bonchev–Trinajstić information content (AvgIpc) is 2.58. The van der Waals surface area contributed by atoms with Crippen LogP contribution in [0.2, 0.25) is 0 Å². The van der Waals surface area contributed by atoms with Gasteiger partial charge in [0.1, 0.15) is 5.82 Å². The normalized spacial score (nSPS) is 21.0. The molecular formula is C19H27ClFPPd. The molecule has 4 heteroatoms. The molecule has 0 aliphatic heterocycles. The molecule has 1 aromatic rings. The van der Waals surface area contributed by atoms with Crippen molar-refractivity contribution in [2.45, 2.75) is 75.5 Å². The van der Waals surface area contributed by atoms with Crippen molar-refractivity contribution in [3.05, 3.63) is 35.7 Å². The molecule has 2 fully saturated rings. The van der Waals surface area contributed by atoms with Crippen LogP contribution >= 0.6 is 18.9 Å². The van der Waals surface area contributed by atoms with E-state index in [4.69, 9.17) is 11.6 Å². The fourth-order valence-corrected chi connectivity index (χ4v) is 11.0. The Hall–Kier alpha value is 0.532. The first-order chi connectivity index (χ1) is 10.8. The van der Waals surface area contributed by atoms with Crippen LogP contribution < -0.4 is 5.30 Å². The van der Waals surface area contributed by atoms with Crippen LogP contribution in [0.5, 0.6) is 0 Å². The number of halogens is 2. The molecule has 0 saturated heterocycles. The van der Waals surface area contributed by atoms with E-state index < -0.39 is 7.26 Å². The van der Waals surface area contributed by atoms with Crippen LogP contribution in [0.1, 0.15) is 64.2 Å². The summed E-state index contributed by atoms with van der Waals surface area (Å²) in [5.41, 5.74) is 3.40. The summed E-state index contributed by atoms with van der Waals surface area (Å²) >= 11 is 6.58. The van der Waals surface area contributed by atoms with Gasteiger partial charge < -0.3 is 11.6 Å². The number of hydrogen-bond acceptors (Lipinski definition) is 0. The van der Waals surface area contributed by atoms with E-state index >= 15 is 0 Å². The SMILES string of the molecule is Fc1cccc([P+]([CH-]Cl)(C2CCCCC2)C2CCCCC2)c1.[Pd]. The molecule has 0 aromatic heterocycles. The molecule has 1 aromatic carbocycles. The van der Waals surface area contributed by atoms with Gasteiger partial charge in [0.25, 0.3) is 0 Å². The van der Waals surface area contributed by atoms with Gasteiger partial charge in [0.2, 0.25) is 0 Å². The first-order valence-corrected chi connectivity index (χ1v) is 11.3. The Balaban J connectivity index is 0.00000192. The van der Waals surface area contributed by atoms with Crippen molar-refractivity contribution in [1.29, 1.82) is 0 Å². The largest absolute Gasteiger partial charge is 0.304 e. The zero-order valence-corrected chi connectivity index (χ0v) is 16.8. The van der Waals surface area contributed by atoms with Crippen LogP contribution in [-0.2, 0) is 20.4 Å². The van der Waals surface area contributed by atoms with Gasteiger partial charge in [-0.3, -0.25) is 0 Å². The first-order valence-electron chi connectivity index (χ1n) is 8.86.